The number of rotatable bonds is 6. The van der Waals surface area contributed by atoms with Gasteiger partial charge in [-0.25, -0.2) is 9.97 Å². The Hall–Kier alpha value is -3.12. The average Bonchev–Trinajstić information content (AvgIpc) is 3.19. The van der Waals surface area contributed by atoms with E-state index in [1.54, 1.807) is 31.9 Å². The van der Waals surface area contributed by atoms with E-state index in [1.165, 1.54) is 5.56 Å². The van der Waals surface area contributed by atoms with Crippen LogP contribution in [0.25, 0.3) is 21.3 Å². The van der Waals surface area contributed by atoms with Gasteiger partial charge in [0.15, 0.2) is 0 Å². The van der Waals surface area contributed by atoms with Gasteiger partial charge < -0.3 is 14.8 Å². The van der Waals surface area contributed by atoms with Gasteiger partial charge in [0.05, 0.1) is 25.3 Å². The highest BCUT2D eigenvalue weighted by Crippen LogP contribution is 2.39. The first-order chi connectivity index (χ1) is 14.1. The maximum Gasteiger partial charge on any atom is 0.143 e. The molecule has 0 saturated carbocycles. The van der Waals surface area contributed by atoms with Crippen molar-refractivity contribution in [1.82, 2.24) is 9.97 Å². The Morgan fingerprint density at radius 1 is 0.966 bits per heavy atom. The molecule has 0 bridgehead atoms. The molecular weight excluding hydrogens is 382 g/mol. The summed E-state index contributed by atoms with van der Waals surface area (Å²) < 4.78 is 10.9. The van der Waals surface area contributed by atoms with Gasteiger partial charge in [0.25, 0.3) is 0 Å². The average molecular weight is 406 g/mol. The molecule has 5 nitrogen and oxygen atoms in total. The molecule has 0 spiro atoms. The monoisotopic (exact) mass is 405 g/mol. The van der Waals surface area contributed by atoms with E-state index >= 15 is 0 Å². The highest BCUT2D eigenvalue weighted by Gasteiger charge is 2.15. The lowest BCUT2D eigenvalue weighted by molar-refractivity contribution is 0.405. The molecule has 1 N–H and O–H groups in total. The third kappa shape index (κ3) is 3.76. The van der Waals surface area contributed by atoms with Crippen molar-refractivity contribution < 1.29 is 9.47 Å². The highest BCUT2D eigenvalue weighted by atomic mass is 32.1. The van der Waals surface area contributed by atoms with Crippen LogP contribution < -0.4 is 14.8 Å². The Morgan fingerprint density at radius 3 is 2.45 bits per heavy atom. The zero-order chi connectivity index (χ0) is 20.4. The quantitative estimate of drug-likeness (QED) is 0.411. The normalized spacial score (nSPS) is 11.1. The van der Waals surface area contributed by atoms with Crippen molar-refractivity contribution in [2.24, 2.45) is 0 Å². The fourth-order valence-corrected chi connectivity index (χ4v) is 4.19. The van der Waals surface area contributed by atoms with Gasteiger partial charge in [-0.15, -0.1) is 11.3 Å². The minimum Gasteiger partial charge on any atom is -0.497 e. The zero-order valence-electron chi connectivity index (χ0n) is 16.9. The number of nitrogens with zero attached hydrogens (tertiary/aromatic N) is 2. The minimum absolute atomic E-state index is 0.504. The van der Waals surface area contributed by atoms with Crippen molar-refractivity contribution >= 4 is 33.1 Å². The Kier molecular flexibility index (Phi) is 5.36. The number of hydrogen-bond donors (Lipinski definition) is 1. The zero-order valence-corrected chi connectivity index (χ0v) is 17.7. The van der Waals surface area contributed by atoms with Gasteiger partial charge >= 0.3 is 0 Å². The van der Waals surface area contributed by atoms with E-state index < -0.39 is 0 Å². The Labute approximate surface area is 174 Å². The van der Waals surface area contributed by atoms with Gasteiger partial charge in [-0.3, -0.25) is 0 Å². The molecule has 6 heteroatoms. The van der Waals surface area contributed by atoms with E-state index in [9.17, 15) is 0 Å². The van der Waals surface area contributed by atoms with E-state index in [2.05, 4.69) is 58.8 Å². The number of fused-ring (bicyclic) bond motifs is 1. The molecule has 0 aliphatic rings. The molecule has 0 aliphatic heterocycles. The summed E-state index contributed by atoms with van der Waals surface area (Å²) in [5.74, 6) is 2.71. The molecule has 0 saturated heterocycles. The molecule has 2 heterocycles. The van der Waals surface area contributed by atoms with Crippen LogP contribution in [-0.4, -0.2) is 24.2 Å². The number of thiophene rings is 1. The Bertz CT molecular complexity index is 1140. The number of hydrogen-bond acceptors (Lipinski definition) is 6. The standard InChI is InChI=1S/C23H23N3O2S/c1-14(2)15-5-7-16(8-6-15)18-12-29-23-21(18)22(24-13-25-23)26-19-11-17(27-3)9-10-20(19)28-4/h5-14H,1-4H3,(H,24,25,26). The molecule has 0 amide bonds. The van der Waals surface area contributed by atoms with E-state index in [0.717, 1.165) is 44.3 Å². The lowest BCUT2D eigenvalue weighted by Crippen LogP contribution is -1.99. The molecule has 2 aromatic carbocycles. The number of anilines is 2. The minimum atomic E-state index is 0.504. The van der Waals surface area contributed by atoms with Crippen LogP contribution in [0.5, 0.6) is 11.5 Å². The van der Waals surface area contributed by atoms with Crippen LogP contribution in [0.4, 0.5) is 11.5 Å². The second kappa shape index (κ2) is 8.09. The summed E-state index contributed by atoms with van der Waals surface area (Å²) in [5.41, 5.74) is 4.38. The lowest BCUT2D eigenvalue weighted by Gasteiger charge is -2.13. The first-order valence-electron chi connectivity index (χ1n) is 9.42. The maximum absolute atomic E-state index is 5.50. The molecular formula is C23H23N3O2S. The number of benzene rings is 2. The fraction of sp³-hybridized carbons (Fsp3) is 0.217. The van der Waals surface area contributed by atoms with E-state index in [-0.39, 0.29) is 0 Å². The van der Waals surface area contributed by atoms with E-state index in [0.29, 0.717) is 5.92 Å². The SMILES string of the molecule is COc1ccc(OC)c(Nc2ncnc3scc(-c4ccc(C(C)C)cc4)c23)c1. The van der Waals surface area contributed by atoms with Crippen molar-refractivity contribution in [2.75, 3.05) is 19.5 Å². The van der Waals surface area contributed by atoms with Gasteiger partial charge in [-0.1, -0.05) is 38.1 Å². The van der Waals surface area contributed by atoms with E-state index in [1.807, 2.05) is 18.2 Å². The highest BCUT2D eigenvalue weighted by molar-refractivity contribution is 7.17. The van der Waals surface area contributed by atoms with Crippen LogP contribution in [0.15, 0.2) is 54.2 Å². The summed E-state index contributed by atoms with van der Waals surface area (Å²) >= 11 is 1.61. The first kappa shape index (κ1) is 19.2. The summed E-state index contributed by atoms with van der Waals surface area (Å²) in [6.45, 7) is 4.40. The summed E-state index contributed by atoms with van der Waals surface area (Å²) in [6, 6.07) is 14.3. The fourth-order valence-electron chi connectivity index (χ4n) is 3.27. The third-order valence-electron chi connectivity index (χ3n) is 4.92. The molecule has 4 aromatic rings. The summed E-state index contributed by atoms with van der Waals surface area (Å²) in [4.78, 5) is 9.93. The van der Waals surface area contributed by atoms with Crippen molar-refractivity contribution in [3.05, 3.63) is 59.7 Å². The van der Waals surface area contributed by atoms with Crippen LogP contribution in [0.1, 0.15) is 25.3 Å². The third-order valence-corrected chi connectivity index (χ3v) is 5.80. The van der Waals surface area contributed by atoms with Gasteiger partial charge in [0.1, 0.15) is 28.5 Å². The van der Waals surface area contributed by atoms with Gasteiger partial charge in [0, 0.05) is 17.0 Å². The van der Waals surface area contributed by atoms with Crippen molar-refractivity contribution in [3.8, 4) is 22.6 Å². The van der Waals surface area contributed by atoms with Gasteiger partial charge in [-0.2, -0.15) is 0 Å². The summed E-state index contributed by atoms with van der Waals surface area (Å²) in [6.07, 6.45) is 1.58. The summed E-state index contributed by atoms with van der Waals surface area (Å²) in [7, 11) is 3.29. The maximum atomic E-state index is 5.50. The summed E-state index contributed by atoms with van der Waals surface area (Å²) in [5, 5.41) is 6.55. The van der Waals surface area contributed by atoms with Crippen molar-refractivity contribution in [2.45, 2.75) is 19.8 Å². The molecule has 0 atom stereocenters. The first-order valence-corrected chi connectivity index (χ1v) is 10.3. The molecule has 29 heavy (non-hydrogen) atoms. The number of nitrogens with one attached hydrogen (secondary N) is 1. The second-order valence-corrected chi connectivity index (χ2v) is 7.88. The van der Waals surface area contributed by atoms with Crippen LogP contribution in [0, 0.1) is 0 Å². The van der Waals surface area contributed by atoms with Crippen molar-refractivity contribution in [3.63, 3.8) is 0 Å². The molecule has 148 valence electrons. The number of aromatic nitrogens is 2. The van der Waals surface area contributed by atoms with Crippen LogP contribution in [0.2, 0.25) is 0 Å². The molecule has 0 aliphatic carbocycles. The number of methoxy groups -OCH3 is 2. The van der Waals surface area contributed by atoms with Crippen molar-refractivity contribution in [1.29, 1.82) is 0 Å². The largest absolute Gasteiger partial charge is 0.497 e. The van der Waals surface area contributed by atoms with E-state index in [4.69, 9.17) is 9.47 Å². The Morgan fingerprint density at radius 2 is 1.76 bits per heavy atom. The van der Waals surface area contributed by atoms with Crippen LogP contribution in [0.3, 0.4) is 0 Å². The Balaban J connectivity index is 1.80. The topological polar surface area (TPSA) is 56.3 Å². The van der Waals surface area contributed by atoms with Crippen LogP contribution >= 0.6 is 11.3 Å². The molecule has 4 rings (SSSR count). The molecule has 2 aromatic heterocycles. The van der Waals surface area contributed by atoms with Gasteiger partial charge in [0.2, 0.25) is 0 Å². The predicted octanol–water partition coefficient (Wildman–Crippen LogP) is 6.24. The van der Waals surface area contributed by atoms with Crippen LogP contribution in [-0.2, 0) is 0 Å². The molecule has 0 fully saturated rings. The number of ether oxygens (including phenoxy) is 2. The molecule has 0 unspecified atom stereocenters. The lowest BCUT2D eigenvalue weighted by atomic mass is 9.99. The smallest absolute Gasteiger partial charge is 0.143 e. The van der Waals surface area contributed by atoms with Gasteiger partial charge in [-0.05, 0) is 29.2 Å². The second-order valence-electron chi connectivity index (χ2n) is 7.02. The molecule has 0 radical (unpaired) electrons. The predicted molar refractivity (Wildman–Crippen MR) is 120 cm³/mol.